The van der Waals surface area contributed by atoms with Crippen LogP contribution in [0.1, 0.15) is 42.5 Å². The molecule has 2 saturated carbocycles. The first-order chi connectivity index (χ1) is 25.9. The van der Waals surface area contributed by atoms with Crippen molar-refractivity contribution in [3.63, 3.8) is 0 Å². The molecule has 0 spiro atoms. The molecule has 10 atom stereocenters. The quantitative estimate of drug-likeness (QED) is 0.131. The van der Waals surface area contributed by atoms with Crippen molar-refractivity contribution >= 4 is 11.8 Å². The van der Waals surface area contributed by atoms with Crippen LogP contribution in [0.4, 0.5) is 0 Å². The molecule has 1 N–H and O–H groups in total. The van der Waals surface area contributed by atoms with Gasteiger partial charge >= 0.3 is 0 Å². The lowest BCUT2D eigenvalue weighted by molar-refractivity contribution is -0.271. The smallest absolute Gasteiger partial charge is 0.163 e. The van der Waals surface area contributed by atoms with Crippen LogP contribution in [0.15, 0.2) is 121 Å². The van der Waals surface area contributed by atoms with Crippen molar-refractivity contribution in [2.75, 3.05) is 6.61 Å². The van der Waals surface area contributed by atoms with Crippen molar-refractivity contribution in [2.24, 2.45) is 17.8 Å². The van der Waals surface area contributed by atoms with Crippen LogP contribution < -0.4 is 0 Å². The van der Waals surface area contributed by atoms with Gasteiger partial charge in [-0.2, -0.15) is 5.26 Å². The second kappa shape index (κ2) is 17.7. The minimum absolute atomic E-state index is 0.186. The largest absolute Gasteiger partial charge is 0.392 e. The summed E-state index contributed by atoms with van der Waals surface area (Å²) >= 11 is 1.11. The zero-order valence-electron chi connectivity index (χ0n) is 30.3. The van der Waals surface area contributed by atoms with Gasteiger partial charge in [0.2, 0.25) is 0 Å². The SMILES string of the molecule is CC1(C)OC[C@H]([C@H]2C[C@H](O)[C@@H](SC#N)[C@@H]3[C@@H](OCc4ccccc4)[C@H](OCc4ccccc4)[C@@H](OCc4ccccc4)[C@H](OCc4ccccc4)[C@H]23)O1. The fourth-order valence-corrected chi connectivity index (χ4v) is 9.30. The van der Waals surface area contributed by atoms with Gasteiger partial charge in [-0.05, 0) is 66.1 Å². The number of hydrogen-bond acceptors (Lipinski definition) is 9. The van der Waals surface area contributed by atoms with Crippen LogP contribution in [-0.2, 0) is 54.8 Å². The summed E-state index contributed by atoms with van der Waals surface area (Å²) in [5.74, 6) is -1.56. The summed E-state index contributed by atoms with van der Waals surface area (Å²) in [6.07, 6.45) is -2.96. The van der Waals surface area contributed by atoms with E-state index in [1.54, 1.807) is 0 Å². The average molecular weight is 736 g/mol. The molecule has 1 heterocycles. The Labute approximate surface area is 317 Å². The Balaban J connectivity index is 1.35. The van der Waals surface area contributed by atoms with Crippen molar-refractivity contribution in [3.05, 3.63) is 144 Å². The lowest BCUT2D eigenvalue weighted by atomic mass is 9.59. The van der Waals surface area contributed by atoms with Gasteiger partial charge in [-0.15, -0.1) is 0 Å². The Morgan fingerprint density at radius 1 is 0.642 bits per heavy atom. The summed E-state index contributed by atoms with van der Waals surface area (Å²) < 4.78 is 40.9. The van der Waals surface area contributed by atoms with Gasteiger partial charge in [-0.1, -0.05) is 121 Å². The molecule has 0 unspecified atom stereocenters. The highest BCUT2D eigenvalue weighted by atomic mass is 32.2. The molecule has 0 radical (unpaired) electrons. The number of rotatable bonds is 14. The molecule has 0 amide bonds. The number of hydrogen-bond donors (Lipinski definition) is 1. The fourth-order valence-electron chi connectivity index (χ4n) is 8.41. The van der Waals surface area contributed by atoms with Crippen molar-refractivity contribution in [1.82, 2.24) is 0 Å². The Kier molecular flexibility index (Phi) is 12.6. The van der Waals surface area contributed by atoms with Crippen LogP contribution in [0.2, 0.25) is 0 Å². The Morgan fingerprint density at radius 2 is 1.04 bits per heavy atom. The lowest BCUT2D eigenvalue weighted by Crippen LogP contribution is -2.68. The number of aliphatic hydroxyl groups excluding tert-OH is 1. The number of aliphatic hydroxyl groups is 1. The molecule has 3 fully saturated rings. The van der Waals surface area contributed by atoms with Crippen molar-refractivity contribution < 1.29 is 33.5 Å². The first kappa shape index (κ1) is 37.7. The molecule has 3 aliphatic rings. The maximum atomic E-state index is 12.0. The second-order valence-corrected chi connectivity index (χ2v) is 15.7. The van der Waals surface area contributed by atoms with Gasteiger partial charge in [-0.3, -0.25) is 0 Å². The van der Waals surface area contributed by atoms with Crippen LogP contribution >= 0.6 is 11.8 Å². The maximum Gasteiger partial charge on any atom is 0.163 e. The molecule has 9 heteroatoms. The van der Waals surface area contributed by atoms with E-state index in [9.17, 15) is 10.4 Å². The van der Waals surface area contributed by atoms with Crippen LogP contribution in [-0.4, -0.2) is 59.4 Å². The van der Waals surface area contributed by atoms with Crippen molar-refractivity contribution in [1.29, 1.82) is 5.26 Å². The Morgan fingerprint density at radius 3 is 1.42 bits per heavy atom. The van der Waals surface area contributed by atoms with Gasteiger partial charge in [0.1, 0.15) is 17.6 Å². The lowest BCUT2D eigenvalue weighted by Gasteiger charge is -2.58. The maximum absolute atomic E-state index is 12.0. The third kappa shape index (κ3) is 9.22. The minimum Gasteiger partial charge on any atom is -0.392 e. The van der Waals surface area contributed by atoms with E-state index in [1.807, 2.05) is 111 Å². The highest BCUT2D eigenvalue weighted by molar-refractivity contribution is 8.04. The first-order valence-corrected chi connectivity index (χ1v) is 19.4. The fraction of sp³-hybridized carbons (Fsp3) is 0.432. The van der Waals surface area contributed by atoms with Gasteiger partial charge in [0.15, 0.2) is 5.79 Å². The van der Waals surface area contributed by atoms with E-state index in [4.69, 9.17) is 28.4 Å². The number of thiocyanates is 1. The third-order valence-electron chi connectivity index (χ3n) is 10.8. The van der Waals surface area contributed by atoms with Crippen LogP contribution in [0.3, 0.4) is 0 Å². The Bertz CT molecular complexity index is 1740. The van der Waals surface area contributed by atoms with E-state index in [0.717, 1.165) is 34.0 Å². The van der Waals surface area contributed by atoms with E-state index >= 15 is 0 Å². The monoisotopic (exact) mass is 735 g/mol. The van der Waals surface area contributed by atoms with Crippen LogP contribution in [0.5, 0.6) is 0 Å². The molecule has 4 aromatic carbocycles. The topological polar surface area (TPSA) is 99.4 Å². The molecule has 4 aromatic rings. The zero-order valence-corrected chi connectivity index (χ0v) is 31.1. The van der Waals surface area contributed by atoms with Crippen LogP contribution in [0, 0.1) is 28.4 Å². The zero-order chi connectivity index (χ0) is 36.6. The highest BCUT2D eigenvalue weighted by Gasteiger charge is 2.63. The van der Waals surface area contributed by atoms with Crippen molar-refractivity contribution in [2.45, 2.75) is 94.4 Å². The number of ether oxygens (including phenoxy) is 6. The molecule has 0 aromatic heterocycles. The molecule has 278 valence electrons. The third-order valence-corrected chi connectivity index (χ3v) is 11.8. The van der Waals surface area contributed by atoms with Gasteiger partial charge in [-0.25, -0.2) is 0 Å². The molecule has 1 saturated heterocycles. The highest BCUT2D eigenvalue weighted by Crippen LogP contribution is 2.54. The number of nitrogens with zero attached hydrogens (tertiary/aromatic N) is 1. The predicted octanol–water partition coefficient (Wildman–Crippen LogP) is 7.69. The van der Waals surface area contributed by atoms with E-state index in [0.29, 0.717) is 39.5 Å². The van der Waals surface area contributed by atoms with Crippen molar-refractivity contribution in [3.8, 4) is 5.40 Å². The van der Waals surface area contributed by atoms with Gasteiger partial charge in [0, 0.05) is 5.92 Å². The summed E-state index contributed by atoms with van der Waals surface area (Å²) in [6.45, 7) is 5.56. The number of fused-ring (bicyclic) bond motifs is 1. The number of nitriles is 1. The standard InChI is InChI=1S/C44H49NO7S/c1-44(2)51-28-36(52-44)34-23-35(46)43(53-29-45)38-37(34)39(47-24-30-15-7-3-8-16-30)41(49-26-32-19-11-5-12-20-32)42(50-27-33-21-13-6-14-22-33)40(38)48-25-31-17-9-4-10-18-31/h3-22,34-43,46H,23-28H2,1-2H3/t34-,35+,36-,37-,38+,39-,40-,41+,42+,43-/m1/s1. The average Bonchev–Trinajstić information content (AvgIpc) is 3.56. The molecule has 2 aliphatic carbocycles. The minimum atomic E-state index is -0.799. The second-order valence-electron chi connectivity index (χ2n) is 14.7. The summed E-state index contributed by atoms with van der Waals surface area (Å²) in [5, 5.41) is 24.0. The first-order valence-electron chi connectivity index (χ1n) is 18.6. The van der Waals surface area contributed by atoms with E-state index in [1.165, 1.54) is 0 Å². The molecule has 0 bridgehead atoms. The Hall–Kier alpha value is -3.56. The number of thioether (sulfide) groups is 1. The van der Waals surface area contributed by atoms with Gasteiger partial charge in [0.05, 0.1) is 62.7 Å². The molecular formula is C44H49NO7S. The molecule has 7 rings (SSSR count). The van der Waals surface area contributed by atoms with E-state index in [-0.39, 0.29) is 23.9 Å². The van der Waals surface area contributed by atoms with E-state index < -0.39 is 41.6 Å². The molecule has 8 nitrogen and oxygen atoms in total. The van der Waals surface area contributed by atoms with Gasteiger partial charge in [0.25, 0.3) is 0 Å². The predicted molar refractivity (Wildman–Crippen MR) is 203 cm³/mol. The molecule has 53 heavy (non-hydrogen) atoms. The summed E-state index contributed by atoms with van der Waals surface area (Å²) in [4.78, 5) is 0. The molecule has 1 aliphatic heterocycles. The van der Waals surface area contributed by atoms with Crippen LogP contribution in [0.25, 0.3) is 0 Å². The number of benzene rings is 4. The normalized spacial score (nSPS) is 30.7. The summed E-state index contributed by atoms with van der Waals surface area (Å²) in [7, 11) is 0. The summed E-state index contributed by atoms with van der Waals surface area (Å²) in [6, 6.07) is 40.4. The van der Waals surface area contributed by atoms with Gasteiger partial charge < -0.3 is 33.5 Å². The summed E-state index contributed by atoms with van der Waals surface area (Å²) in [5.41, 5.74) is 4.10. The van der Waals surface area contributed by atoms with E-state index in [2.05, 4.69) is 29.7 Å². The molecular weight excluding hydrogens is 687 g/mol.